The fraction of sp³-hybridized carbons (Fsp3) is 0.591. The van der Waals surface area contributed by atoms with E-state index in [0.29, 0.717) is 30.5 Å². The molecule has 2 aliphatic carbocycles. The first-order valence-corrected chi connectivity index (χ1v) is 10.5. The number of nitrogens with zero attached hydrogens (tertiary/aromatic N) is 3. The van der Waals surface area contributed by atoms with Crippen molar-refractivity contribution in [2.75, 3.05) is 13.2 Å². The molecule has 1 aromatic carbocycles. The summed E-state index contributed by atoms with van der Waals surface area (Å²) >= 11 is 0. The van der Waals surface area contributed by atoms with Gasteiger partial charge in [0.25, 0.3) is 5.91 Å². The number of aryl methyl sites for hydroxylation is 1. The largest absolute Gasteiger partial charge is 0.396 e. The van der Waals surface area contributed by atoms with Crippen LogP contribution in [0.1, 0.15) is 59.7 Å². The summed E-state index contributed by atoms with van der Waals surface area (Å²) in [5, 5.41) is 13.3. The van der Waals surface area contributed by atoms with Crippen molar-refractivity contribution in [1.29, 1.82) is 0 Å². The Labute approximate surface area is 166 Å². The Kier molecular flexibility index (Phi) is 4.27. The van der Waals surface area contributed by atoms with Crippen LogP contribution in [0.2, 0.25) is 0 Å². The van der Waals surface area contributed by atoms with Gasteiger partial charge in [0.15, 0.2) is 0 Å². The molecule has 5 rings (SSSR count). The molecule has 1 amide bonds. The topological polar surface area (TPSA) is 73.0 Å². The molecule has 150 valence electrons. The lowest BCUT2D eigenvalue weighted by Crippen LogP contribution is -2.53. The van der Waals surface area contributed by atoms with Crippen molar-refractivity contribution in [3.05, 3.63) is 40.5 Å². The van der Waals surface area contributed by atoms with Gasteiger partial charge in [0, 0.05) is 30.8 Å². The molecule has 28 heavy (non-hydrogen) atoms. The number of benzene rings is 1. The number of rotatable bonds is 5. The van der Waals surface area contributed by atoms with E-state index >= 15 is 0 Å². The van der Waals surface area contributed by atoms with Gasteiger partial charge in [0.2, 0.25) is 0 Å². The van der Waals surface area contributed by atoms with Crippen LogP contribution in [0.15, 0.2) is 18.2 Å². The Morgan fingerprint density at radius 1 is 1.29 bits per heavy atom. The van der Waals surface area contributed by atoms with Crippen molar-refractivity contribution in [1.82, 2.24) is 15.0 Å². The minimum absolute atomic E-state index is 0.195. The first kappa shape index (κ1) is 18.2. The minimum atomic E-state index is 0.195. The maximum atomic E-state index is 13.0. The van der Waals surface area contributed by atoms with Crippen molar-refractivity contribution in [3.63, 3.8) is 0 Å². The lowest BCUT2D eigenvalue weighted by molar-refractivity contribution is -0.0408. The second-order valence-electron chi connectivity index (χ2n) is 9.07. The van der Waals surface area contributed by atoms with Crippen molar-refractivity contribution < 1.29 is 9.90 Å². The molecular formula is C22H30N4O2. The van der Waals surface area contributed by atoms with Gasteiger partial charge in [-0.05, 0) is 86.3 Å². The maximum Gasteiger partial charge on any atom is 0.255 e. The van der Waals surface area contributed by atoms with Gasteiger partial charge in [0.05, 0.1) is 12.2 Å². The van der Waals surface area contributed by atoms with Gasteiger partial charge in [-0.25, -0.2) is 0 Å². The molecule has 2 saturated carbocycles. The molecular weight excluding hydrogens is 352 g/mol. The second-order valence-corrected chi connectivity index (χ2v) is 9.07. The van der Waals surface area contributed by atoms with Crippen LogP contribution in [0.25, 0.3) is 5.70 Å². The number of aliphatic hydroxyl groups excluding tert-OH is 1. The standard InChI is InChI=1S/C22H30N4O2/c1-13-7-17(20-5-6-25(23)26(20)19-8-15(9-19)12-27)10-18-11-24(22(28)21(13)18)14(2)16-3-4-16/h5,7,10,14-16,19,27H,3-4,6,8-9,11-12,23H2,1-2H3. The number of hydrazine groups is 2. The zero-order valence-corrected chi connectivity index (χ0v) is 16.8. The van der Waals surface area contributed by atoms with E-state index in [2.05, 4.69) is 42.0 Å². The average molecular weight is 383 g/mol. The van der Waals surface area contributed by atoms with Gasteiger partial charge in [0.1, 0.15) is 0 Å². The van der Waals surface area contributed by atoms with Crippen LogP contribution in [-0.2, 0) is 6.54 Å². The van der Waals surface area contributed by atoms with Gasteiger partial charge in [-0.1, -0.05) is 0 Å². The smallest absolute Gasteiger partial charge is 0.255 e. The quantitative estimate of drug-likeness (QED) is 0.765. The highest BCUT2D eigenvalue weighted by Gasteiger charge is 2.41. The van der Waals surface area contributed by atoms with Crippen molar-refractivity contribution in [2.45, 2.75) is 58.2 Å². The summed E-state index contributed by atoms with van der Waals surface area (Å²) in [6, 6.07) is 5.01. The van der Waals surface area contributed by atoms with E-state index in [-0.39, 0.29) is 12.5 Å². The van der Waals surface area contributed by atoms with E-state index in [9.17, 15) is 9.90 Å². The summed E-state index contributed by atoms with van der Waals surface area (Å²) in [6.45, 7) is 5.91. The predicted molar refractivity (Wildman–Crippen MR) is 108 cm³/mol. The monoisotopic (exact) mass is 382 g/mol. The normalized spacial score (nSPS) is 28.4. The number of aliphatic hydroxyl groups is 1. The fourth-order valence-electron chi connectivity index (χ4n) is 5.21. The Morgan fingerprint density at radius 3 is 2.71 bits per heavy atom. The maximum absolute atomic E-state index is 13.0. The third-order valence-corrected chi connectivity index (χ3v) is 7.13. The van der Waals surface area contributed by atoms with E-state index < -0.39 is 0 Å². The van der Waals surface area contributed by atoms with Gasteiger partial charge in [-0.3, -0.25) is 15.6 Å². The van der Waals surface area contributed by atoms with Crippen LogP contribution in [-0.4, -0.2) is 51.3 Å². The zero-order valence-electron chi connectivity index (χ0n) is 16.8. The molecule has 1 aromatic rings. The molecule has 2 heterocycles. The van der Waals surface area contributed by atoms with Crippen LogP contribution in [0.3, 0.4) is 0 Å². The molecule has 0 saturated heterocycles. The number of carbonyl (C=O) groups excluding carboxylic acids is 1. The SMILES string of the molecule is Cc1cc(C2=CCN(N)N2C2CC(CO)C2)cc2c1C(=O)N(C(C)C1CC1)C2. The summed E-state index contributed by atoms with van der Waals surface area (Å²) in [7, 11) is 0. The van der Waals surface area contributed by atoms with Crippen LogP contribution in [0.4, 0.5) is 0 Å². The minimum Gasteiger partial charge on any atom is -0.396 e. The zero-order chi connectivity index (χ0) is 19.6. The van der Waals surface area contributed by atoms with Crippen molar-refractivity contribution >= 4 is 11.6 Å². The van der Waals surface area contributed by atoms with Gasteiger partial charge in [-0.15, -0.1) is 0 Å². The molecule has 2 fully saturated rings. The Morgan fingerprint density at radius 2 is 2.04 bits per heavy atom. The number of hydrogen-bond donors (Lipinski definition) is 2. The molecule has 2 aliphatic heterocycles. The number of hydrogen-bond acceptors (Lipinski definition) is 5. The summed E-state index contributed by atoms with van der Waals surface area (Å²) < 4.78 is 0. The summed E-state index contributed by atoms with van der Waals surface area (Å²) in [5.74, 6) is 7.52. The number of nitrogens with two attached hydrogens (primary N) is 1. The first-order valence-electron chi connectivity index (χ1n) is 10.5. The summed E-state index contributed by atoms with van der Waals surface area (Å²) in [4.78, 5) is 15.1. The molecule has 0 spiro atoms. The van der Waals surface area contributed by atoms with Crippen LogP contribution < -0.4 is 5.84 Å². The lowest BCUT2D eigenvalue weighted by atomic mass is 9.80. The first-order chi connectivity index (χ1) is 13.5. The highest BCUT2D eigenvalue weighted by atomic mass is 16.3. The predicted octanol–water partition coefficient (Wildman–Crippen LogP) is 2.27. The highest BCUT2D eigenvalue weighted by Crippen LogP contribution is 2.41. The molecule has 3 N–H and O–H groups in total. The van der Waals surface area contributed by atoms with Crippen LogP contribution in [0.5, 0.6) is 0 Å². The summed E-state index contributed by atoms with van der Waals surface area (Å²) in [6.07, 6.45) is 6.61. The average Bonchev–Trinajstić information content (AvgIpc) is 3.34. The van der Waals surface area contributed by atoms with Crippen LogP contribution in [0, 0.1) is 18.8 Å². The number of carbonyl (C=O) groups is 1. The lowest BCUT2D eigenvalue weighted by Gasteiger charge is -2.45. The number of fused-ring (bicyclic) bond motifs is 1. The Hall–Kier alpha value is -1.89. The fourth-order valence-corrected chi connectivity index (χ4v) is 5.21. The summed E-state index contributed by atoms with van der Waals surface area (Å²) in [5.41, 5.74) is 5.38. The van der Waals surface area contributed by atoms with Gasteiger partial charge >= 0.3 is 0 Å². The highest BCUT2D eigenvalue weighted by molar-refractivity contribution is 6.00. The molecule has 0 radical (unpaired) electrons. The molecule has 6 nitrogen and oxygen atoms in total. The molecule has 4 aliphatic rings. The second kappa shape index (κ2) is 6.58. The molecule has 0 bridgehead atoms. The van der Waals surface area contributed by atoms with E-state index in [1.54, 1.807) is 5.12 Å². The van der Waals surface area contributed by atoms with Crippen molar-refractivity contribution in [3.8, 4) is 0 Å². The van der Waals surface area contributed by atoms with E-state index in [1.807, 2.05) is 0 Å². The van der Waals surface area contributed by atoms with Crippen LogP contribution >= 0.6 is 0 Å². The molecule has 1 unspecified atom stereocenters. The van der Waals surface area contributed by atoms with E-state index in [0.717, 1.165) is 47.3 Å². The Bertz CT molecular complexity index is 841. The van der Waals surface area contributed by atoms with E-state index in [1.165, 1.54) is 12.8 Å². The molecule has 1 atom stereocenters. The van der Waals surface area contributed by atoms with E-state index in [4.69, 9.17) is 5.84 Å². The molecule has 6 heteroatoms. The van der Waals surface area contributed by atoms with Crippen molar-refractivity contribution in [2.24, 2.45) is 17.7 Å². The molecule has 0 aromatic heterocycles. The third-order valence-electron chi connectivity index (χ3n) is 7.13. The third kappa shape index (κ3) is 2.78. The van der Waals surface area contributed by atoms with Gasteiger partial charge < -0.3 is 10.0 Å². The van der Waals surface area contributed by atoms with Gasteiger partial charge in [-0.2, -0.15) is 5.12 Å². The number of amides is 1. The Balaban J connectivity index is 1.42.